The van der Waals surface area contributed by atoms with E-state index in [1.54, 1.807) is 22.8 Å². The molecule has 9 heteroatoms. The van der Waals surface area contributed by atoms with Gasteiger partial charge in [0.25, 0.3) is 5.56 Å². The van der Waals surface area contributed by atoms with Crippen molar-refractivity contribution in [2.45, 2.75) is 49.9 Å². The Morgan fingerprint density at radius 3 is 2.63 bits per heavy atom. The molecule has 0 saturated carbocycles. The average Bonchev–Trinajstić information content (AvgIpc) is 3.07. The first kappa shape index (κ1) is 20.6. The summed E-state index contributed by atoms with van der Waals surface area (Å²) in [4.78, 5) is 43.6. The number of thioether (sulfide) groups is 1. The summed E-state index contributed by atoms with van der Waals surface area (Å²) in [6.07, 6.45) is 4.06. The number of imide groups is 1. The maximum Gasteiger partial charge on any atom is 0.318 e. The number of primary amides is 1. The molecular formula is C21H22N4O3S2. The van der Waals surface area contributed by atoms with E-state index >= 15 is 0 Å². The second-order valence-electron chi connectivity index (χ2n) is 7.38. The van der Waals surface area contributed by atoms with Gasteiger partial charge in [0.15, 0.2) is 5.16 Å². The average molecular weight is 443 g/mol. The van der Waals surface area contributed by atoms with Gasteiger partial charge in [0.05, 0.1) is 16.3 Å². The molecule has 7 nitrogen and oxygen atoms in total. The van der Waals surface area contributed by atoms with Crippen LogP contribution in [0.5, 0.6) is 0 Å². The van der Waals surface area contributed by atoms with Crippen molar-refractivity contribution >= 4 is 45.3 Å². The molecule has 1 aliphatic carbocycles. The number of nitrogens with one attached hydrogen (secondary N) is 1. The first-order valence-electron chi connectivity index (χ1n) is 9.76. The number of nitrogens with zero attached hydrogens (tertiary/aromatic N) is 2. The predicted molar refractivity (Wildman–Crippen MR) is 120 cm³/mol. The minimum atomic E-state index is -0.905. The highest BCUT2D eigenvalue weighted by Crippen LogP contribution is 2.35. The van der Waals surface area contributed by atoms with Crippen LogP contribution in [0.4, 0.5) is 4.79 Å². The third kappa shape index (κ3) is 3.87. The van der Waals surface area contributed by atoms with E-state index in [1.807, 2.05) is 31.2 Å². The van der Waals surface area contributed by atoms with E-state index in [2.05, 4.69) is 5.32 Å². The molecule has 3 amide bonds. The van der Waals surface area contributed by atoms with Crippen molar-refractivity contribution in [3.05, 3.63) is 50.6 Å². The van der Waals surface area contributed by atoms with Crippen molar-refractivity contribution in [2.75, 3.05) is 0 Å². The second-order valence-corrected chi connectivity index (χ2v) is 9.77. The standard InChI is InChI=1S/C21H22N4O3S2/c1-11-7-9-13(10-8-11)25-19(27)16-14-5-3-4-6-15(14)30-18(16)24-21(25)29-12(2)17(26)23-20(22)28/h7-10,12H,3-6H2,1-2H3,(H3,22,23,26,28)/t12-/m0/s1. The number of hydrogen-bond donors (Lipinski definition) is 2. The molecule has 4 rings (SSSR count). The number of aromatic nitrogens is 2. The van der Waals surface area contributed by atoms with E-state index in [4.69, 9.17) is 10.7 Å². The fourth-order valence-corrected chi connectivity index (χ4v) is 5.85. The lowest BCUT2D eigenvalue weighted by atomic mass is 9.97. The van der Waals surface area contributed by atoms with Crippen LogP contribution in [0.25, 0.3) is 15.9 Å². The molecule has 2 heterocycles. The molecule has 0 unspecified atom stereocenters. The van der Waals surface area contributed by atoms with Gasteiger partial charge in [0.1, 0.15) is 4.83 Å². The van der Waals surface area contributed by atoms with Gasteiger partial charge in [0.2, 0.25) is 5.91 Å². The van der Waals surface area contributed by atoms with Crippen LogP contribution in [0.1, 0.15) is 35.8 Å². The maximum atomic E-state index is 13.6. The third-order valence-electron chi connectivity index (χ3n) is 5.15. The molecule has 1 aliphatic rings. The molecule has 0 fully saturated rings. The zero-order chi connectivity index (χ0) is 21.4. The Morgan fingerprint density at radius 1 is 1.23 bits per heavy atom. The second kappa shape index (κ2) is 8.23. The van der Waals surface area contributed by atoms with Gasteiger partial charge >= 0.3 is 6.03 Å². The smallest absolute Gasteiger partial charge is 0.318 e. The minimum Gasteiger partial charge on any atom is -0.351 e. The molecular weight excluding hydrogens is 420 g/mol. The Kier molecular flexibility index (Phi) is 5.66. The zero-order valence-electron chi connectivity index (χ0n) is 16.7. The van der Waals surface area contributed by atoms with E-state index in [0.717, 1.165) is 48.6 Å². The summed E-state index contributed by atoms with van der Waals surface area (Å²) < 4.78 is 1.57. The molecule has 156 valence electrons. The van der Waals surface area contributed by atoms with Crippen LogP contribution in [0.15, 0.2) is 34.2 Å². The number of urea groups is 1. The fraction of sp³-hybridized carbons (Fsp3) is 0.333. The summed E-state index contributed by atoms with van der Waals surface area (Å²) in [5.74, 6) is -0.525. The van der Waals surface area contributed by atoms with Gasteiger partial charge in [-0.15, -0.1) is 11.3 Å². The number of amides is 3. The van der Waals surface area contributed by atoms with Crippen LogP contribution < -0.4 is 16.6 Å². The number of benzene rings is 1. The number of nitrogens with two attached hydrogens (primary N) is 1. The van der Waals surface area contributed by atoms with Crippen LogP contribution in [0.2, 0.25) is 0 Å². The fourth-order valence-electron chi connectivity index (χ4n) is 3.62. The highest BCUT2D eigenvalue weighted by atomic mass is 32.2. The molecule has 0 saturated heterocycles. The van der Waals surface area contributed by atoms with Crippen molar-refractivity contribution < 1.29 is 9.59 Å². The number of rotatable bonds is 4. The van der Waals surface area contributed by atoms with Crippen molar-refractivity contribution in [2.24, 2.45) is 5.73 Å². The van der Waals surface area contributed by atoms with Gasteiger partial charge in [0, 0.05) is 4.88 Å². The van der Waals surface area contributed by atoms with E-state index in [1.165, 1.54) is 4.88 Å². The summed E-state index contributed by atoms with van der Waals surface area (Å²) >= 11 is 2.70. The number of hydrogen-bond acceptors (Lipinski definition) is 6. The van der Waals surface area contributed by atoms with Crippen molar-refractivity contribution in [3.63, 3.8) is 0 Å². The van der Waals surface area contributed by atoms with Crippen molar-refractivity contribution in [1.82, 2.24) is 14.9 Å². The number of fused-ring (bicyclic) bond motifs is 3. The summed E-state index contributed by atoms with van der Waals surface area (Å²) in [5.41, 5.74) is 7.84. The minimum absolute atomic E-state index is 0.117. The lowest BCUT2D eigenvalue weighted by Gasteiger charge is -2.16. The Balaban J connectivity index is 1.88. The van der Waals surface area contributed by atoms with Crippen LogP contribution >= 0.6 is 23.1 Å². The van der Waals surface area contributed by atoms with Crippen molar-refractivity contribution in [1.29, 1.82) is 0 Å². The number of aryl methyl sites for hydroxylation is 3. The highest BCUT2D eigenvalue weighted by Gasteiger charge is 2.25. The molecule has 1 atom stereocenters. The molecule has 0 bridgehead atoms. The first-order chi connectivity index (χ1) is 14.3. The van der Waals surface area contributed by atoms with Crippen molar-refractivity contribution in [3.8, 4) is 5.69 Å². The molecule has 3 aromatic rings. The van der Waals surface area contributed by atoms with Gasteiger partial charge in [-0.2, -0.15) is 0 Å². The topological polar surface area (TPSA) is 107 Å². The van der Waals surface area contributed by atoms with Crippen LogP contribution in [-0.4, -0.2) is 26.7 Å². The lowest BCUT2D eigenvalue weighted by Crippen LogP contribution is -2.39. The third-order valence-corrected chi connectivity index (χ3v) is 7.39. The van der Waals surface area contributed by atoms with Gasteiger partial charge in [-0.3, -0.25) is 19.5 Å². The molecule has 30 heavy (non-hydrogen) atoms. The highest BCUT2D eigenvalue weighted by molar-refractivity contribution is 8.00. The van der Waals surface area contributed by atoms with Gasteiger partial charge in [-0.05, 0) is 57.2 Å². The Hall–Kier alpha value is -2.65. The van der Waals surface area contributed by atoms with Crippen LogP contribution in [0, 0.1) is 6.92 Å². The largest absolute Gasteiger partial charge is 0.351 e. The molecule has 1 aromatic carbocycles. The van der Waals surface area contributed by atoms with Gasteiger partial charge in [-0.25, -0.2) is 9.78 Å². The van der Waals surface area contributed by atoms with Gasteiger partial charge in [-0.1, -0.05) is 29.5 Å². The predicted octanol–water partition coefficient (Wildman–Crippen LogP) is 3.31. The summed E-state index contributed by atoms with van der Waals surface area (Å²) in [5, 5.41) is 2.54. The van der Waals surface area contributed by atoms with E-state index in [0.29, 0.717) is 21.1 Å². The Labute approximate surface area is 181 Å². The lowest BCUT2D eigenvalue weighted by molar-refractivity contribution is -0.119. The normalized spacial score (nSPS) is 14.3. The molecule has 0 aliphatic heterocycles. The van der Waals surface area contributed by atoms with E-state index in [-0.39, 0.29) is 5.56 Å². The van der Waals surface area contributed by atoms with E-state index in [9.17, 15) is 14.4 Å². The van der Waals surface area contributed by atoms with Crippen LogP contribution in [-0.2, 0) is 17.6 Å². The monoisotopic (exact) mass is 442 g/mol. The molecule has 2 aromatic heterocycles. The van der Waals surface area contributed by atoms with Gasteiger partial charge < -0.3 is 5.73 Å². The Bertz CT molecular complexity index is 1200. The molecule has 0 spiro atoms. The summed E-state index contributed by atoms with van der Waals surface area (Å²) in [6.45, 7) is 3.63. The molecule has 3 N–H and O–H groups in total. The Morgan fingerprint density at radius 2 is 1.93 bits per heavy atom. The number of carbonyl (C=O) groups is 2. The SMILES string of the molecule is Cc1ccc(-n2c(S[C@@H](C)C(=O)NC(N)=O)nc3sc4c(c3c2=O)CCCC4)cc1. The summed E-state index contributed by atoms with van der Waals surface area (Å²) in [6, 6.07) is 6.72. The van der Waals surface area contributed by atoms with E-state index < -0.39 is 17.2 Å². The first-order valence-corrected chi connectivity index (χ1v) is 11.5. The quantitative estimate of drug-likeness (QED) is 0.476. The number of carbonyl (C=O) groups excluding carboxylic acids is 2. The molecule has 0 radical (unpaired) electrons. The summed E-state index contributed by atoms with van der Waals surface area (Å²) in [7, 11) is 0. The van der Waals surface area contributed by atoms with Crippen LogP contribution in [0.3, 0.4) is 0 Å². The maximum absolute atomic E-state index is 13.6. The zero-order valence-corrected chi connectivity index (χ0v) is 18.4. The number of thiophene rings is 1.